The van der Waals surface area contributed by atoms with Gasteiger partial charge >= 0.3 is 0 Å². The summed E-state index contributed by atoms with van der Waals surface area (Å²) in [4.78, 5) is 27.6. The summed E-state index contributed by atoms with van der Waals surface area (Å²) in [7, 11) is 2.92. The standard InChI is InChI=1S/C22H17F4N3O3/c1-28-10-16(32-19-12(20(23)24)4-3-5-13(19)21(25)26)14(8-17(28)30)15-9-29(2)22(31)18-11(15)6-7-27-18/h3-10,20-21,27H,1-2H3. The van der Waals surface area contributed by atoms with Gasteiger partial charge in [0.25, 0.3) is 24.0 Å². The molecule has 0 radical (unpaired) electrons. The van der Waals surface area contributed by atoms with E-state index in [1.54, 1.807) is 6.07 Å². The summed E-state index contributed by atoms with van der Waals surface area (Å²) in [6, 6.07) is 5.93. The van der Waals surface area contributed by atoms with E-state index in [2.05, 4.69) is 4.98 Å². The van der Waals surface area contributed by atoms with Gasteiger partial charge in [0, 0.05) is 49.1 Å². The summed E-state index contributed by atoms with van der Waals surface area (Å²) in [5.41, 5.74) is -1.34. The van der Waals surface area contributed by atoms with Crippen LogP contribution in [-0.4, -0.2) is 14.1 Å². The maximum Gasteiger partial charge on any atom is 0.274 e. The Labute approximate surface area is 178 Å². The van der Waals surface area contributed by atoms with Gasteiger partial charge in [-0.15, -0.1) is 0 Å². The molecule has 0 fully saturated rings. The highest BCUT2D eigenvalue weighted by molar-refractivity contribution is 5.95. The lowest BCUT2D eigenvalue weighted by molar-refractivity contribution is 0.138. The van der Waals surface area contributed by atoms with E-state index < -0.39 is 35.3 Å². The second-order valence-electron chi connectivity index (χ2n) is 7.19. The Morgan fingerprint density at radius 2 is 1.56 bits per heavy atom. The van der Waals surface area contributed by atoms with Crippen molar-refractivity contribution in [3.8, 4) is 22.6 Å². The van der Waals surface area contributed by atoms with E-state index >= 15 is 0 Å². The van der Waals surface area contributed by atoms with Crippen molar-refractivity contribution in [2.24, 2.45) is 14.1 Å². The van der Waals surface area contributed by atoms with Crippen molar-refractivity contribution < 1.29 is 22.3 Å². The molecule has 0 aliphatic rings. The number of ether oxygens (including phenoxy) is 1. The van der Waals surface area contributed by atoms with Gasteiger partial charge in [-0.05, 0) is 18.2 Å². The normalized spacial score (nSPS) is 11.6. The number of hydrogen-bond acceptors (Lipinski definition) is 3. The summed E-state index contributed by atoms with van der Waals surface area (Å²) in [6.07, 6.45) is -1.88. The van der Waals surface area contributed by atoms with Crippen LogP contribution in [0.1, 0.15) is 24.0 Å². The molecule has 1 N–H and O–H groups in total. The van der Waals surface area contributed by atoms with Crippen molar-refractivity contribution in [2.75, 3.05) is 0 Å². The Kier molecular flexibility index (Phi) is 5.37. The summed E-state index contributed by atoms with van der Waals surface area (Å²) >= 11 is 0. The molecule has 0 unspecified atom stereocenters. The zero-order valence-electron chi connectivity index (χ0n) is 16.9. The first-order valence-corrected chi connectivity index (χ1v) is 9.43. The van der Waals surface area contributed by atoms with Gasteiger partial charge in [0.1, 0.15) is 11.3 Å². The fourth-order valence-electron chi connectivity index (χ4n) is 3.53. The van der Waals surface area contributed by atoms with Crippen LogP contribution in [0.2, 0.25) is 0 Å². The van der Waals surface area contributed by atoms with Crippen molar-refractivity contribution in [2.45, 2.75) is 12.9 Å². The summed E-state index contributed by atoms with van der Waals surface area (Å²) in [6.45, 7) is 0. The van der Waals surface area contributed by atoms with Gasteiger partial charge in [-0.2, -0.15) is 0 Å². The van der Waals surface area contributed by atoms with Crippen molar-refractivity contribution in [1.29, 1.82) is 0 Å². The number of nitrogens with one attached hydrogen (secondary N) is 1. The van der Waals surface area contributed by atoms with Crippen LogP contribution in [0.5, 0.6) is 11.5 Å². The Morgan fingerprint density at radius 3 is 2.19 bits per heavy atom. The fourth-order valence-corrected chi connectivity index (χ4v) is 3.53. The largest absolute Gasteiger partial charge is 0.454 e. The molecule has 0 aliphatic carbocycles. The number of aromatic nitrogens is 3. The van der Waals surface area contributed by atoms with Gasteiger partial charge in [-0.25, -0.2) is 17.6 Å². The zero-order valence-corrected chi connectivity index (χ0v) is 16.9. The molecule has 0 spiro atoms. The molecule has 0 bridgehead atoms. The van der Waals surface area contributed by atoms with Crippen molar-refractivity contribution >= 4 is 10.9 Å². The smallest absolute Gasteiger partial charge is 0.274 e. The molecule has 166 valence electrons. The third-order valence-corrected chi connectivity index (χ3v) is 5.13. The van der Waals surface area contributed by atoms with Crippen LogP contribution in [0.15, 0.2) is 58.5 Å². The molecule has 6 nitrogen and oxygen atoms in total. The molecular formula is C22H17F4N3O3. The number of para-hydroxylation sites is 1. The number of H-pyrrole nitrogens is 1. The number of aryl methyl sites for hydroxylation is 2. The Morgan fingerprint density at radius 1 is 0.906 bits per heavy atom. The van der Waals surface area contributed by atoms with Gasteiger partial charge in [-0.1, -0.05) is 6.07 Å². The van der Waals surface area contributed by atoms with Crippen LogP contribution in [-0.2, 0) is 14.1 Å². The molecule has 10 heteroatoms. The molecule has 32 heavy (non-hydrogen) atoms. The second-order valence-corrected chi connectivity index (χ2v) is 7.19. The van der Waals surface area contributed by atoms with Gasteiger partial charge in [-0.3, -0.25) is 9.59 Å². The molecule has 0 atom stereocenters. The molecule has 4 rings (SSSR count). The molecule has 0 saturated carbocycles. The average Bonchev–Trinajstić information content (AvgIpc) is 3.23. The monoisotopic (exact) mass is 447 g/mol. The van der Waals surface area contributed by atoms with Gasteiger partial charge in [0.2, 0.25) is 0 Å². The summed E-state index contributed by atoms with van der Waals surface area (Å²) in [5.74, 6) is -0.768. The average molecular weight is 447 g/mol. The van der Waals surface area contributed by atoms with Gasteiger partial charge in [0.15, 0.2) is 5.75 Å². The number of pyridine rings is 2. The molecule has 0 aliphatic heterocycles. The summed E-state index contributed by atoms with van der Waals surface area (Å²) < 4.78 is 62.4. The highest BCUT2D eigenvalue weighted by Gasteiger charge is 2.25. The minimum Gasteiger partial charge on any atom is -0.454 e. The third kappa shape index (κ3) is 3.57. The molecule has 3 aromatic heterocycles. The highest BCUT2D eigenvalue weighted by atomic mass is 19.3. The molecule has 0 saturated heterocycles. The topological polar surface area (TPSA) is 69.0 Å². The van der Waals surface area contributed by atoms with E-state index in [4.69, 9.17) is 4.74 Å². The van der Waals surface area contributed by atoms with Gasteiger partial charge < -0.3 is 18.9 Å². The van der Waals surface area contributed by atoms with E-state index in [0.29, 0.717) is 10.9 Å². The van der Waals surface area contributed by atoms with E-state index in [1.807, 2.05) is 0 Å². The number of halogens is 4. The number of benzene rings is 1. The minimum atomic E-state index is -3.06. The molecule has 1 aromatic carbocycles. The highest BCUT2D eigenvalue weighted by Crippen LogP contribution is 2.42. The number of fused-ring (bicyclic) bond motifs is 1. The van der Waals surface area contributed by atoms with Crippen LogP contribution in [0.25, 0.3) is 22.0 Å². The van der Waals surface area contributed by atoms with Crippen LogP contribution >= 0.6 is 0 Å². The minimum absolute atomic E-state index is 0.0942. The van der Waals surface area contributed by atoms with Crippen LogP contribution < -0.4 is 15.9 Å². The van der Waals surface area contributed by atoms with Gasteiger partial charge in [0.05, 0.1) is 17.3 Å². The number of nitrogens with zero attached hydrogens (tertiary/aromatic N) is 2. The maximum absolute atomic E-state index is 13.6. The Hall–Kier alpha value is -3.82. The van der Waals surface area contributed by atoms with Crippen LogP contribution in [0.3, 0.4) is 0 Å². The van der Waals surface area contributed by atoms with E-state index in [-0.39, 0.29) is 22.4 Å². The maximum atomic E-state index is 13.6. The first kappa shape index (κ1) is 21.4. The zero-order chi connectivity index (χ0) is 23.2. The molecule has 3 heterocycles. The molecule has 4 aromatic rings. The quantitative estimate of drug-likeness (QED) is 0.443. The lowest BCUT2D eigenvalue weighted by Gasteiger charge is -2.18. The SMILES string of the molecule is Cn1cc(Oc2c(C(F)F)cccc2C(F)F)c(-c2cn(C)c(=O)c3[nH]ccc23)cc1=O. The van der Waals surface area contributed by atoms with Crippen LogP contribution in [0.4, 0.5) is 17.6 Å². The van der Waals surface area contributed by atoms with Crippen molar-refractivity contribution in [3.63, 3.8) is 0 Å². The number of rotatable bonds is 5. The van der Waals surface area contributed by atoms with E-state index in [0.717, 1.165) is 22.8 Å². The molecule has 0 amide bonds. The second kappa shape index (κ2) is 8.03. The number of aromatic amines is 1. The fraction of sp³-hybridized carbons (Fsp3) is 0.182. The van der Waals surface area contributed by atoms with E-state index in [9.17, 15) is 27.2 Å². The first-order valence-electron chi connectivity index (χ1n) is 9.43. The Bertz CT molecular complexity index is 1410. The van der Waals surface area contributed by atoms with Crippen molar-refractivity contribution in [1.82, 2.24) is 14.1 Å². The lowest BCUT2D eigenvalue weighted by Crippen LogP contribution is -2.18. The first-order chi connectivity index (χ1) is 15.2. The predicted octanol–water partition coefficient (Wildman–Crippen LogP) is 4.90. The van der Waals surface area contributed by atoms with Crippen LogP contribution in [0, 0.1) is 0 Å². The number of hydrogen-bond donors (Lipinski definition) is 1. The number of alkyl halides is 4. The lowest BCUT2D eigenvalue weighted by atomic mass is 10.0. The van der Waals surface area contributed by atoms with Crippen molar-refractivity contribution in [3.05, 3.63) is 80.8 Å². The third-order valence-electron chi connectivity index (χ3n) is 5.13. The summed E-state index contributed by atoms with van der Waals surface area (Å²) in [5, 5.41) is 0.461. The van der Waals surface area contributed by atoms with E-state index in [1.165, 1.54) is 43.3 Å². The Balaban J connectivity index is 2.00. The molecular weight excluding hydrogens is 430 g/mol. The predicted molar refractivity (Wildman–Crippen MR) is 111 cm³/mol.